The average Bonchev–Trinajstić information content (AvgIpc) is 3.13. The van der Waals surface area contributed by atoms with Gasteiger partial charge in [-0.05, 0) is 35.2 Å². The third kappa shape index (κ3) is 5.35. The van der Waals surface area contributed by atoms with E-state index in [1.54, 1.807) is 24.7 Å². The van der Waals surface area contributed by atoms with E-state index in [4.69, 9.17) is 23.2 Å². The van der Waals surface area contributed by atoms with Crippen LogP contribution < -0.4 is 5.32 Å². The van der Waals surface area contributed by atoms with Crippen LogP contribution in [0.15, 0.2) is 61.2 Å². The number of hydrogen-bond donors (Lipinski definition) is 1. The maximum Gasteiger partial charge on any atom is 0.220 e. The number of carbonyl (C=O) groups is 1. The zero-order valence-electron chi connectivity index (χ0n) is 14.2. The third-order valence-corrected chi connectivity index (χ3v) is 4.66. The minimum Gasteiger partial charge on any atom is -0.352 e. The largest absolute Gasteiger partial charge is 0.352 e. The molecule has 0 bridgehead atoms. The quantitative estimate of drug-likeness (QED) is 0.649. The summed E-state index contributed by atoms with van der Waals surface area (Å²) in [5.41, 5.74) is 3.18. The van der Waals surface area contributed by atoms with E-state index in [2.05, 4.69) is 22.4 Å². The van der Waals surface area contributed by atoms with Crippen molar-refractivity contribution in [2.24, 2.45) is 0 Å². The summed E-state index contributed by atoms with van der Waals surface area (Å²) in [4.78, 5) is 16.1. The van der Waals surface area contributed by atoms with Gasteiger partial charge >= 0.3 is 0 Å². The highest BCUT2D eigenvalue weighted by Crippen LogP contribution is 2.22. The fraction of sp³-hybridized carbons (Fsp3) is 0.200. The molecule has 0 unspecified atom stereocenters. The number of aryl methyl sites for hydroxylation is 1. The Morgan fingerprint density at radius 2 is 1.85 bits per heavy atom. The molecule has 0 aliphatic carbocycles. The van der Waals surface area contributed by atoms with Gasteiger partial charge in [-0.1, -0.05) is 53.5 Å². The van der Waals surface area contributed by atoms with E-state index in [9.17, 15) is 4.79 Å². The Morgan fingerprint density at radius 1 is 1.08 bits per heavy atom. The number of carbonyl (C=O) groups excluding carboxylic acids is 1. The fourth-order valence-electron chi connectivity index (χ4n) is 2.62. The molecule has 1 N–H and O–H groups in total. The van der Waals surface area contributed by atoms with Crippen molar-refractivity contribution in [3.8, 4) is 0 Å². The monoisotopic (exact) mass is 387 g/mol. The SMILES string of the molecule is O=C(CCc1ccc(Cl)cc1Cl)NCc1ccc(Cn2ccnc2)cc1. The molecule has 26 heavy (non-hydrogen) atoms. The van der Waals surface area contributed by atoms with Crippen LogP contribution in [-0.2, 0) is 24.3 Å². The van der Waals surface area contributed by atoms with Gasteiger partial charge < -0.3 is 9.88 Å². The molecule has 1 amide bonds. The second kappa shape index (κ2) is 8.88. The second-order valence-electron chi connectivity index (χ2n) is 6.06. The Bertz CT molecular complexity index is 861. The van der Waals surface area contributed by atoms with Crippen LogP contribution in [0.2, 0.25) is 10.0 Å². The molecular formula is C20H19Cl2N3O. The molecule has 2 aromatic carbocycles. The van der Waals surface area contributed by atoms with Gasteiger partial charge in [-0.15, -0.1) is 0 Å². The molecule has 0 saturated heterocycles. The number of benzene rings is 2. The first-order valence-corrected chi connectivity index (χ1v) is 9.10. The number of imidazole rings is 1. The smallest absolute Gasteiger partial charge is 0.220 e. The van der Waals surface area contributed by atoms with Gasteiger partial charge in [0.05, 0.1) is 6.33 Å². The zero-order chi connectivity index (χ0) is 18.4. The van der Waals surface area contributed by atoms with Crippen molar-refractivity contribution in [2.75, 3.05) is 0 Å². The van der Waals surface area contributed by atoms with Crippen LogP contribution in [0.4, 0.5) is 0 Å². The summed E-state index contributed by atoms with van der Waals surface area (Å²) in [6.07, 6.45) is 6.47. The van der Waals surface area contributed by atoms with Crippen LogP contribution in [0.5, 0.6) is 0 Å². The molecule has 3 aromatic rings. The molecule has 0 atom stereocenters. The maximum absolute atomic E-state index is 12.1. The molecule has 0 spiro atoms. The number of nitrogens with zero attached hydrogens (tertiary/aromatic N) is 2. The Labute approximate surface area is 162 Å². The van der Waals surface area contributed by atoms with Gasteiger partial charge in [-0.3, -0.25) is 4.79 Å². The number of aromatic nitrogens is 2. The Kier molecular flexibility index (Phi) is 6.31. The fourth-order valence-corrected chi connectivity index (χ4v) is 3.12. The van der Waals surface area contributed by atoms with Crippen LogP contribution in [-0.4, -0.2) is 15.5 Å². The first-order valence-electron chi connectivity index (χ1n) is 8.34. The third-order valence-electron chi connectivity index (χ3n) is 4.07. The molecule has 3 rings (SSSR count). The van der Waals surface area contributed by atoms with E-state index in [0.717, 1.165) is 17.7 Å². The van der Waals surface area contributed by atoms with Gasteiger partial charge in [0.2, 0.25) is 5.91 Å². The highest BCUT2D eigenvalue weighted by Gasteiger charge is 2.06. The number of nitrogens with one attached hydrogen (secondary N) is 1. The van der Waals surface area contributed by atoms with Gasteiger partial charge in [0, 0.05) is 41.9 Å². The lowest BCUT2D eigenvalue weighted by molar-refractivity contribution is -0.121. The average molecular weight is 388 g/mol. The number of amides is 1. The normalized spacial score (nSPS) is 10.7. The van der Waals surface area contributed by atoms with Crippen molar-refractivity contribution in [1.29, 1.82) is 0 Å². The Balaban J connectivity index is 1.45. The van der Waals surface area contributed by atoms with E-state index in [1.165, 1.54) is 5.56 Å². The first-order chi connectivity index (χ1) is 12.6. The highest BCUT2D eigenvalue weighted by atomic mass is 35.5. The molecule has 4 nitrogen and oxygen atoms in total. The van der Waals surface area contributed by atoms with Crippen molar-refractivity contribution in [1.82, 2.24) is 14.9 Å². The zero-order valence-corrected chi connectivity index (χ0v) is 15.7. The van der Waals surface area contributed by atoms with Crippen LogP contribution in [0, 0.1) is 0 Å². The van der Waals surface area contributed by atoms with Crippen molar-refractivity contribution >= 4 is 29.1 Å². The van der Waals surface area contributed by atoms with Crippen molar-refractivity contribution < 1.29 is 4.79 Å². The predicted molar refractivity (Wildman–Crippen MR) is 104 cm³/mol. The molecule has 0 aliphatic rings. The summed E-state index contributed by atoms with van der Waals surface area (Å²) in [6, 6.07) is 13.5. The standard InChI is InChI=1S/C20H19Cl2N3O/c21-18-7-5-17(19(22)11-18)6-8-20(26)24-12-15-1-3-16(4-2-15)13-25-10-9-23-14-25/h1-5,7,9-11,14H,6,8,12-13H2,(H,24,26). The Morgan fingerprint density at radius 3 is 2.54 bits per heavy atom. The number of hydrogen-bond acceptors (Lipinski definition) is 2. The van der Waals surface area contributed by atoms with Crippen LogP contribution >= 0.6 is 23.2 Å². The van der Waals surface area contributed by atoms with Crippen molar-refractivity contribution in [3.63, 3.8) is 0 Å². The molecule has 0 aliphatic heterocycles. The summed E-state index contributed by atoms with van der Waals surface area (Å²) >= 11 is 12.0. The lowest BCUT2D eigenvalue weighted by atomic mass is 10.1. The van der Waals surface area contributed by atoms with Gasteiger partial charge in [0.1, 0.15) is 0 Å². The molecule has 0 saturated carbocycles. The van der Waals surface area contributed by atoms with E-state index < -0.39 is 0 Å². The second-order valence-corrected chi connectivity index (χ2v) is 6.91. The molecule has 0 radical (unpaired) electrons. The lowest BCUT2D eigenvalue weighted by Crippen LogP contribution is -2.23. The molecular weight excluding hydrogens is 369 g/mol. The van der Waals surface area contributed by atoms with Crippen molar-refractivity contribution in [2.45, 2.75) is 25.9 Å². The highest BCUT2D eigenvalue weighted by molar-refractivity contribution is 6.35. The summed E-state index contributed by atoms with van der Waals surface area (Å²) in [7, 11) is 0. The van der Waals surface area contributed by atoms with E-state index in [-0.39, 0.29) is 5.91 Å². The van der Waals surface area contributed by atoms with E-state index in [0.29, 0.717) is 29.4 Å². The van der Waals surface area contributed by atoms with Gasteiger partial charge in [-0.25, -0.2) is 4.98 Å². The van der Waals surface area contributed by atoms with E-state index >= 15 is 0 Å². The minimum atomic E-state index is -0.00138. The topological polar surface area (TPSA) is 46.9 Å². The summed E-state index contributed by atoms with van der Waals surface area (Å²) in [5, 5.41) is 4.13. The van der Waals surface area contributed by atoms with E-state index in [1.807, 2.05) is 29.0 Å². The summed E-state index contributed by atoms with van der Waals surface area (Å²) in [6.45, 7) is 1.30. The van der Waals surface area contributed by atoms with Crippen LogP contribution in [0.1, 0.15) is 23.1 Å². The molecule has 134 valence electrons. The van der Waals surface area contributed by atoms with Gasteiger partial charge in [-0.2, -0.15) is 0 Å². The lowest BCUT2D eigenvalue weighted by Gasteiger charge is -2.08. The van der Waals surface area contributed by atoms with Crippen molar-refractivity contribution in [3.05, 3.63) is 87.9 Å². The predicted octanol–water partition coefficient (Wildman–Crippen LogP) is 4.49. The minimum absolute atomic E-state index is 0.00138. The number of halogens is 2. The van der Waals surface area contributed by atoms with Crippen LogP contribution in [0.3, 0.4) is 0 Å². The van der Waals surface area contributed by atoms with Gasteiger partial charge in [0.15, 0.2) is 0 Å². The molecule has 1 aromatic heterocycles. The first kappa shape index (κ1) is 18.5. The van der Waals surface area contributed by atoms with Gasteiger partial charge in [0.25, 0.3) is 0 Å². The summed E-state index contributed by atoms with van der Waals surface area (Å²) in [5.74, 6) is -0.00138. The molecule has 1 heterocycles. The molecule has 0 fully saturated rings. The number of rotatable bonds is 7. The Hall–Kier alpha value is -2.30. The summed E-state index contributed by atoms with van der Waals surface area (Å²) < 4.78 is 2.01. The van der Waals surface area contributed by atoms with Crippen LogP contribution in [0.25, 0.3) is 0 Å². The molecule has 6 heteroatoms. The maximum atomic E-state index is 12.1.